The minimum atomic E-state index is -1.08. The molecule has 1 aliphatic heterocycles. The van der Waals surface area contributed by atoms with E-state index in [0.717, 1.165) is 11.6 Å². The highest BCUT2D eigenvalue weighted by Gasteiger charge is 2.46. The normalized spacial score (nSPS) is 27.7. The van der Waals surface area contributed by atoms with Crippen LogP contribution in [0.5, 0.6) is 5.75 Å². The number of hydrogen-bond donors (Lipinski definition) is 2. The maximum Gasteiger partial charge on any atom is 0.254 e. The maximum absolute atomic E-state index is 14.3. The van der Waals surface area contributed by atoms with Gasteiger partial charge in [-0.1, -0.05) is 13.0 Å². The number of ether oxygens (including phenoxy) is 2. The number of aliphatic hydroxyl groups is 1. The van der Waals surface area contributed by atoms with Crippen molar-refractivity contribution >= 4 is 11.6 Å². The summed E-state index contributed by atoms with van der Waals surface area (Å²) in [5, 5.41) is 12.7. The molecule has 160 valence electrons. The first-order chi connectivity index (χ1) is 14.3. The minimum absolute atomic E-state index is 0.132. The Bertz CT molecular complexity index is 984. The van der Waals surface area contributed by atoms with Crippen LogP contribution in [0.3, 0.4) is 0 Å². The van der Waals surface area contributed by atoms with E-state index in [4.69, 9.17) is 9.47 Å². The number of amides is 1. The number of pyridine rings is 1. The lowest BCUT2D eigenvalue weighted by Crippen LogP contribution is -2.33. The molecule has 1 saturated heterocycles. The quantitative estimate of drug-likeness (QED) is 0.795. The van der Waals surface area contributed by atoms with Crippen molar-refractivity contribution in [1.82, 2.24) is 4.98 Å². The average molecular weight is 418 g/mol. The van der Waals surface area contributed by atoms with Gasteiger partial charge in [-0.25, -0.2) is 4.39 Å². The number of rotatable bonds is 4. The van der Waals surface area contributed by atoms with Crippen molar-refractivity contribution in [3.05, 3.63) is 52.9 Å². The van der Waals surface area contributed by atoms with Crippen LogP contribution in [0.25, 0.3) is 0 Å². The number of nitrogens with one attached hydrogen (secondary N) is 1. The van der Waals surface area contributed by atoms with Crippen molar-refractivity contribution in [2.45, 2.75) is 50.9 Å². The second-order valence-corrected chi connectivity index (χ2v) is 7.94. The number of anilines is 1. The van der Waals surface area contributed by atoms with Crippen molar-refractivity contribution in [2.24, 2.45) is 5.92 Å². The summed E-state index contributed by atoms with van der Waals surface area (Å²) in [7, 11) is 1.27. The first kappa shape index (κ1) is 20.7. The third-order valence-corrected chi connectivity index (χ3v) is 6.17. The molecular formula is C22H24F2N2O4. The molecule has 2 N–H and O–H groups in total. The molecule has 0 bridgehead atoms. The second kappa shape index (κ2) is 7.92. The van der Waals surface area contributed by atoms with Crippen LogP contribution >= 0.6 is 0 Å². The fraction of sp³-hybridized carbons (Fsp3) is 0.455. The molecule has 0 spiro atoms. The summed E-state index contributed by atoms with van der Waals surface area (Å²) < 4.78 is 39.0. The molecule has 1 fully saturated rings. The fourth-order valence-electron chi connectivity index (χ4n) is 4.43. The lowest BCUT2D eigenvalue weighted by Gasteiger charge is -2.23. The molecule has 0 radical (unpaired) electrons. The average Bonchev–Trinajstić information content (AvgIpc) is 3.23. The van der Waals surface area contributed by atoms with Crippen LogP contribution in [0, 0.1) is 17.6 Å². The van der Waals surface area contributed by atoms with E-state index < -0.39 is 35.7 Å². The van der Waals surface area contributed by atoms with Crippen LogP contribution in [-0.2, 0) is 16.0 Å². The molecule has 6 nitrogen and oxygen atoms in total. The van der Waals surface area contributed by atoms with Gasteiger partial charge in [-0.2, -0.15) is 4.39 Å². The predicted octanol–water partition coefficient (Wildman–Crippen LogP) is 3.49. The molecule has 0 unspecified atom stereocenters. The number of carbonyl (C=O) groups excluding carboxylic acids is 1. The zero-order valence-corrected chi connectivity index (χ0v) is 17.0. The van der Waals surface area contributed by atoms with E-state index in [9.17, 15) is 18.7 Å². The summed E-state index contributed by atoms with van der Waals surface area (Å²) in [6.07, 6.45) is 1.05. The van der Waals surface area contributed by atoms with E-state index in [1.165, 1.54) is 19.4 Å². The summed E-state index contributed by atoms with van der Waals surface area (Å²) in [6, 6.07) is 4.28. The van der Waals surface area contributed by atoms with Gasteiger partial charge >= 0.3 is 0 Å². The summed E-state index contributed by atoms with van der Waals surface area (Å²) in [6.45, 7) is 3.75. The number of halogens is 2. The van der Waals surface area contributed by atoms with Gasteiger partial charge in [0.05, 0.1) is 36.9 Å². The Labute approximate surface area is 173 Å². The van der Waals surface area contributed by atoms with Crippen LogP contribution < -0.4 is 10.1 Å². The van der Waals surface area contributed by atoms with Crippen LogP contribution in [0.1, 0.15) is 49.1 Å². The number of aliphatic hydroxyl groups excluding tert-OH is 1. The molecule has 1 aromatic carbocycles. The maximum atomic E-state index is 14.3. The van der Waals surface area contributed by atoms with Gasteiger partial charge < -0.3 is 19.9 Å². The molecule has 1 amide bonds. The molecular weight excluding hydrogens is 394 g/mol. The number of hydrogen-bond acceptors (Lipinski definition) is 5. The van der Waals surface area contributed by atoms with Gasteiger partial charge in [0.15, 0.2) is 11.6 Å². The Hall–Kier alpha value is -2.58. The molecule has 4 rings (SSSR count). The smallest absolute Gasteiger partial charge is 0.254 e. The number of aromatic nitrogens is 1. The molecule has 2 aromatic rings. The van der Waals surface area contributed by atoms with Crippen molar-refractivity contribution in [3.8, 4) is 5.75 Å². The van der Waals surface area contributed by atoms with E-state index in [1.807, 2.05) is 13.8 Å². The first-order valence-electron chi connectivity index (χ1n) is 9.97. The third-order valence-electron chi connectivity index (χ3n) is 6.17. The summed E-state index contributed by atoms with van der Waals surface area (Å²) in [4.78, 5) is 17.3. The molecule has 1 aromatic heterocycles. The number of nitrogens with zero attached hydrogens (tertiary/aromatic N) is 1. The highest BCUT2D eigenvalue weighted by atomic mass is 19.2. The summed E-state index contributed by atoms with van der Waals surface area (Å²) in [5.74, 6) is -3.36. The zero-order valence-electron chi connectivity index (χ0n) is 17.0. The number of aryl methyl sites for hydroxylation is 1. The SMILES string of the molecule is COc1c([C@@H]2[C@H](C)[C@@H](C)O[C@H]2C(=O)Nc2cnc3c(c2)CC[C@H]3O)ccc(F)c1F. The van der Waals surface area contributed by atoms with Crippen LogP contribution in [0.4, 0.5) is 14.5 Å². The molecule has 1 aliphatic carbocycles. The lowest BCUT2D eigenvalue weighted by molar-refractivity contribution is -0.127. The van der Waals surface area contributed by atoms with Gasteiger partial charge in [-0.15, -0.1) is 0 Å². The van der Waals surface area contributed by atoms with Gasteiger partial charge in [0.2, 0.25) is 5.82 Å². The number of methoxy groups -OCH3 is 1. The van der Waals surface area contributed by atoms with E-state index in [1.54, 1.807) is 6.07 Å². The Balaban J connectivity index is 1.63. The van der Waals surface area contributed by atoms with Gasteiger partial charge in [0.25, 0.3) is 5.91 Å². The Kier molecular flexibility index (Phi) is 5.46. The molecule has 0 saturated carbocycles. The second-order valence-electron chi connectivity index (χ2n) is 7.94. The van der Waals surface area contributed by atoms with Crippen molar-refractivity contribution in [2.75, 3.05) is 12.4 Å². The summed E-state index contributed by atoms with van der Waals surface area (Å²) in [5.41, 5.74) is 2.42. The van der Waals surface area contributed by atoms with E-state index in [2.05, 4.69) is 10.3 Å². The van der Waals surface area contributed by atoms with Gasteiger partial charge in [0, 0.05) is 11.5 Å². The van der Waals surface area contributed by atoms with Gasteiger partial charge in [-0.05, 0) is 43.4 Å². The van der Waals surface area contributed by atoms with E-state index in [0.29, 0.717) is 29.8 Å². The molecule has 5 atom stereocenters. The fourth-order valence-corrected chi connectivity index (χ4v) is 4.43. The van der Waals surface area contributed by atoms with Gasteiger partial charge in [0.1, 0.15) is 6.10 Å². The summed E-state index contributed by atoms with van der Waals surface area (Å²) >= 11 is 0. The third kappa shape index (κ3) is 3.44. The predicted molar refractivity (Wildman–Crippen MR) is 105 cm³/mol. The zero-order chi connectivity index (χ0) is 21.6. The lowest BCUT2D eigenvalue weighted by atomic mass is 9.82. The van der Waals surface area contributed by atoms with Crippen molar-refractivity contribution in [1.29, 1.82) is 0 Å². The van der Waals surface area contributed by atoms with Crippen LogP contribution in [-0.4, -0.2) is 35.3 Å². The van der Waals surface area contributed by atoms with Crippen LogP contribution in [0.15, 0.2) is 24.4 Å². The minimum Gasteiger partial charge on any atom is -0.493 e. The number of fused-ring (bicyclic) bond motifs is 1. The van der Waals surface area contributed by atoms with E-state index >= 15 is 0 Å². The van der Waals surface area contributed by atoms with Crippen molar-refractivity contribution < 1.29 is 28.2 Å². The Morgan fingerprint density at radius 3 is 2.83 bits per heavy atom. The van der Waals surface area contributed by atoms with Crippen LogP contribution in [0.2, 0.25) is 0 Å². The molecule has 8 heteroatoms. The standard InChI is InChI=1S/C22H24F2N2O4/c1-10-11(2)30-21(17(10)14-5-6-15(23)18(24)20(14)29-3)22(28)26-13-8-12-4-7-16(27)19(12)25-9-13/h5-6,8-11,16-17,21,27H,4,7H2,1-3H3,(H,26,28)/t10-,11-,16-,17+,21-/m1/s1. The molecule has 30 heavy (non-hydrogen) atoms. The monoisotopic (exact) mass is 418 g/mol. The number of benzene rings is 1. The molecule has 2 aliphatic rings. The first-order valence-corrected chi connectivity index (χ1v) is 9.97. The highest BCUT2D eigenvalue weighted by molar-refractivity contribution is 5.95. The molecule has 2 heterocycles. The topological polar surface area (TPSA) is 80.7 Å². The van der Waals surface area contributed by atoms with Crippen molar-refractivity contribution in [3.63, 3.8) is 0 Å². The largest absolute Gasteiger partial charge is 0.493 e. The van der Waals surface area contributed by atoms with E-state index in [-0.39, 0.29) is 17.8 Å². The van der Waals surface area contributed by atoms with Gasteiger partial charge in [-0.3, -0.25) is 9.78 Å². The highest BCUT2D eigenvalue weighted by Crippen LogP contribution is 2.45. The number of carbonyl (C=O) groups is 1. The Morgan fingerprint density at radius 2 is 2.10 bits per heavy atom. The Morgan fingerprint density at radius 1 is 1.33 bits per heavy atom.